The quantitative estimate of drug-likeness (QED) is 0.368. The van der Waals surface area contributed by atoms with Gasteiger partial charge in [0, 0.05) is 25.2 Å². The second-order valence-electron chi connectivity index (χ2n) is 6.27. The summed E-state index contributed by atoms with van der Waals surface area (Å²) in [4.78, 5) is 10.2. The Morgan fingerprint density at radius 3 is 2.48 bits per heavy atom. The number of rotatable bonds is 8. The third-order valence-corrected chi connectivity index (χ3v) is 6.21. The van der Waals surface area contributed by atoms with Crippen molar-refractivity contribution in [1.29, 1.82) is 0 Å². The molecule has 166 valence electrons. The number of anilines is 1. The van der Waals surface area contributed by atoms with Crippen LogP contribution in [0.3, 0.4) is 0 Å². The van der Waals surface area contributed by atoms with E-state index in [1.807, 2.05) is 0 Å². The van der Waals surface area contributed by atoms with Crippen LogP contribution in [0, 0.1) is 10.1 Å². The maximum Gasteiger partial charge on any atom is 0.387 e. The molecule has 0 amide bonds. The minimum atomic E-state index is -4.04. The van der Waals surface area contributed by atoms with E-state index in [0.717, 1.165) is 12.1 Å². The van der Waals surface area contributed by atoms with Gasteiger partial charge in [0.15, 0.2) is 0 Å². The first-order valence-corrected chi connectivity index (χ1v) is 10.4. The number of alkyl halides is 2. The highest BCUT2D eigenvalue weighted by Gasteiger charge is 2.30. The number of nitrogens with one attached hydrogen (secondary N) is 1. The first-order valence-electron chi connectivity index (χ1n) is 8.97. The van der Waals surface area contributed by atoms with E-state index in [2.05, 4.69) is 15.3 Å². The smallest absolute Gasteiger partial charge is 0.387 e. The molecular formula is C18H18F2N4O6S. The van der Waals surface area contributed by atoms with Crippen LogP contribution in [0.25, 0.3) is 0 Å². The molecule has 1 fully saturated rings. The molecule has 1 heterocycles. The number of non-ortho nitro benzene ring substituents is 1. The number of hydrazone groups is 1. The summed E-state index contributed by atoms with van der Waals surface area (Å²) < 4.78 is 61.0. The zero-order valence-corrected chi connectivity index (χ0v) is 16.8. The van der Waals surface area contributed by atoms with Gasteiger partial charge in [-0.3, -0.25) is 15.5 Å². The Morgan fingerprint density at radius 1 is 1.19 bits per heavy atom. The van der Waals surface area contributed by atoms with Crippen molar-refractivity contribution in [2.24, 2.45) is 5.10 Å². The summed E-state index contributed by atoms with van der Waals surface area (Å²) >= 11 is 0. The van der Waals surface area contributed by atoms with Crippen LogP contribution >= 0.6 is 0 Å². The standard InChI is InChI=1S/C18H18F2N4O6S/c19-18(20)30-15-4-1-13(2-5-15)12-21-22-16-6-3-14(24(25)26)11-17(16)31(27,28)23-7-9-29-10-8-23/h1-6,11-12,18,22H,7-10H2/b21-12-. The SMILES string of the molecule is O=[N+]([O-])c1ccc(N/N=C\c2ccc(OC(F)F)cc2)c(S(=O)(=O)N2CCOCC2)c1. The van der Waals surface area contributed by atoms with Gasteiger partial charge in [0.2, 0.25) is 10.0 Å². The number of nitro benzene ring substituents is 1. The fourth-order valence-corrected chi connectivity index (χ4v) is 4.34. The number of nitro groups is 1. The van der Waals surface area contributed by atoms with Crippen LogP contribution in [0.4, 0.5) is 20.2 Å². The number of benzene rings is 2. The molecule has 1 aliphatic heterocycles. The van der Waals surface area contributed by atoms with Gasteiger partial charge in [-0.25, -0.2) is 8.42 Å². The molecule has 2 aromatic carbocycles. The summed E-state index contributed by atoms with van der Waals surface area (Å²) in [5.41, 5.74) is 2.77. The average molecular weight is 456 g/mol. The van der Waals surface area contributed by atoms with Crippen molar-refractivity contribution in [1.82, 2.24) is 4.31 Å². The Hall–Kier alpha value is -3.16. The van der Waals surface area contributed by atoms with E-state index in [9.17, 15) is 27.3 Å². The lowest BCUT2D eigenvalue weighted by Crippen LogP contribution is -2.40. The van der Waals surface area contributed by atoms with Gasteiger partial charge in [0.25, 0.3) is 5.69 Å². The van der Waals surface area contributed by atoms with Crippen molar-refractivity contribution < 1.29 is 31.6 Å². The molecule has 0 saturated carbocycles. The van der Waals surface area contributed by atoms with Crippen LogP contribution in [0.5, 0.6) is 5.75 Å². The van der Waals surface area contributed by atoms with E-state index in [1.165, 1.54) is 40.9 Å². The number of hydrogen-bond acceptors (Lipinski definition) is 8. The van der Waals surface area contributed by atoms with Gasteiger partial charge in [0.1, 0.15) is 10.6 Å². The number of halogens is 2. The van der Waals surface area contributed by atoms with Gasteiger partial charge in [-0.1, -0.05) is 0 Å². The Balaban J connectivity index is 1.83. The second kappa shape index (κ2) is 9.76. The summed E-state index contributed by atoms with van der Waals surface area (Å²) in [5, 5.41) is 15.1. The Kier molecular flexibility index (Phi) is 7.09. The molecule has 1 saturated heterocycles. The Morgan fingerprint density at radius 2 is 1.87 bits per heavy atom. The van der Waals surface area contributed by atoms with Crippen LogP contribution in [0.15, 0.2) is 52.5 Å². The molecule has 0 atom stereocenters. The van der Waals surface area contributed by atoms with Crippen molar-refractivity contribution in [3.8, 4) is 5.75 Å². The van der Waals surface area contributed by atoms with Gasteiger partial charge in [0.05, 0.1) is 30.0 Å². The first kappa shape index (κ1) is 22.5. The van der Waals surface area contributed by atoms with Crippen LogP contribution < -0.4 is 10.2 Å². The van der Waals surface area contributed by atoms with E-state index in [4.69, 9.17) is 4.74 Å². The van der Waals surface area contributed by atoms with E-state index < -0.39 is 21.6 Å². The number of morpholine rings is 1. The topological polar surface area (TPSA) is 123 Å². The maximum absolute atomic E-state index is 13.0. The minimum Gasteiger partial charge on any atom is -0.435 e. The third-order valence-electron chi connectivity index (χ3n) is 4.27. The molecule has 13 heteroatoms. The lowest BCUT2D eigenvalue weighted by molar-refractivity contribution is -0.385. The Bertz CT molecular complexity index is 1060. The molecule has 0 radical (unpaired) electrons. The van der Waals surface area contributed by atoms with Crippen LogP contribution in [-0.2, 0) is 14.8 Å². The molecular weight excluding hydrogens is 438 g/mol. The van der Waals surface area contributed by atoms with E-state index >= 15 is 0 Å². The molecule has 2 aromatic rings. The van der Waals surface area contributed by atoms with Crippen LogP contribution in [0.2, 0.25) is 0 Å². The van der Waals surface area contributed by atoms with Gasteiger partial charge in [-0.15, -0.1) is 0 Å². The van der Waals surface area contributed by atoms with Crippen molar-refractivity contribution in [3.05, 3.63) is 58.1 Å². The normalized spacial score (nSPS) is 15.3. The minimum absolute atomic E-state index is 0.0191. The fourth-order valence-electron chi connectivity index (χ4n) is 2.77. The number of ether oxygens (including phenoxy) is 2. The van der Waals surface area contributed by atoms with E-state index in [1.54, 1.807) is 0 Å². The molecule has 0 bridgehead atoms. The number of nitrogens with zero attached hydrogens (tertiary/aromatic N) is 3. The zero-order valence-electron chi connectivity index (χ0n) is 16.0. The highest BCUT2D eigenvalue weighted by atomic mass is 32.2. The summed E-state index contributed by atoms with van der Waals surface area (Å²) in [6.45, 7) is -2.24. The molecule has 0 spiro atoms. The average Bonchev–Trinajstić information content (AvgIpc) is 2.75. The summed E-state index contributed by atoms with van der Waals surface area (Å²) in [5.74, 6) is -0.0191. The highest BCUT2D eigenvalue weighted by molar-refractivity contribution is 7.89. The molecule has 3 rings (SSSR count). The lowest BCUT2D eigenvalue weighted by Gasteiger charge is -2.26. The van der Waals surface area contributed by atoms with Crippen molar-refractivity contribution in [2.45, 2.75) is 11.5 Å². The van der Waals surface area contributed by atoms with Crippen LogP contribution in [-0.4, -0.2) is 56.8 Å². The van der Waals surface area contributed by atoms with Gasteiger partial charge >= 0.3 is 6.61 Å². The molecule has 0 unspecified atom stereocenters. The monoisotopic (exact) mass is 456 g/mol. The molecule has 0 aliphatic carbocycles. The second-order valence-corrected chi connectivity index (χ2v) is 8.18. The number of hydrogen-bond donors (Lipinski definition) is 1. The molecule has 10 nitrogen and oxygen atoms in total. The van der Waals surface area contributed by atoms with Crippen molar-refractivity contribution in [2.75, 3.05) is 31.7 Å². The maximum atomic E-state index is 13.0. The predicted molar refractivity (Wildman–Crippen MR) is 107 cm³/mol. The fraction of sp³-hybridized carbons (Fsp3) is 0.278. The third kappa shape index (κ3) is 5.71. The summed E-state index contributed by atoms with van der Waals surface area (Å²) in [6.07, 6.45) is 1.33. The molecule has 31 heavy (non-hydrogen) atoms. The number of sulfonamides is 1. The molecule has 1 aliphatic rings. The van der Waals surface area contributed by atoms with Crippen LogP contribution in [0.1, 0.15) is 5.56 Å². The first-order chi connectivity index (χ1) is 14.8. The summed E-state index contributed by atoms with van der Waals surface area (Å²) in [6, 6.07) is 8.99. The zero-order chi connectivity index (χ0) is 22.4. The van der Waals surface area contributed by atoms with Gasteiger partial charge < -0.3 is 9.47 Å². The van der Waals surface area contributed by atoms with Crippen molar-refractivity contribution in [3.63, 3.8) is 0 Å². The Labute approximate surface area is 176 Å². The highest BCUT2D eigenvalue weighted by Crippen LogP contribution is 2.29. The molecule has 0 aromatic heterocycles. The van der Waals surface area contributed by atoms with E-state index in [0.29, 0.717) is 5.56 Å². The van der Waals surface area contributed by atoms with Gasteiger partial charge in [-0.2, -0.15) is 18.2 Å². The summed E-state index contributed by atoms with van der Waals surface area (Å²) in [7, 11) is -4.04. The van der Waals surface area contributed by atoms with Gasteiger partial charge in [-0.05, 0) is 35.9 Å². The van der Waals surface area contributed by atoms with E-state index in [-0.39, 0.29) is 48.3 Å². The van der Waals surface area contributed by atoms with Crippen molar-refractivity contribution >= 4 is 27.6 Å². The molecule has 1 N–H and O–H groups in total. The lowest BCUT2D eigenvalue weighted by atomic mass is 10.2. The predicted octanol–water partition coefficient (Wildman–Crippen LogP) is 2.66. The largest absolute Gasteiger partial charge is 0.435 e.